The van der Waals surface area contributed by atoms with Crippen LogP contribution in [0, 0.1) is 5.82 Å². The minimum atomic E-state index is -0.427. The smallest absolute Gasteiger partial charge is 0.203 e. The van der Waals surface area contributed by atoms with Gasteiger partial charge in [-0.05, 0) is 56.6 Å². The maximum absolute atomic E-state index is 13.4. The fourth-order valence-electron chi connectivity index (χ4n) is 2.80. The SMILES string of the molecule is ON=C(Nc1ccc(F)c(Br)c1)c1nonc1NCCn1cc(-c2cccc(O)c2)nn1. The van der Waals surface area contributed by atoms with E-state index in [9.17, 15) is 14.7 Å². The van der Waals surface area contributed by atoms with Gasteiger partial charge in [0.2, 0.25) is 11.7 Å². The van der Waals surface area contributed by atoms with Crippen LogP contribution < -0.4 is 10.6 Å². The van der Waals surface area contributed by atoms with Gasteiger partial charge in [-0.25, -0.2) is 9.02 Å². The molecule has 13 heteroatoms. The number of benzene rings is 2. The largest absolute Gasteiger partial charge is 0.508 e. The molecule has 32 heavy (non-hydrogen) atoms. The summed E-state index contributed by atoms with van der Waals surface area (Å²) in [5.41, 5.74) is 1.96. The van der Waals surface area contributed by atoms with Crippen molar-refractivity contribution in [3.8, 4) is 17.0 Å². The Morgan fingerprint density at radius 2 is 2.09 bits per heavy atom. The van der Waals surface area contributed by atoms with Crippen LogP contribution >= 0.6 is 15.9 Å². The molecule has 4 aromatic rings. The van der Waals surface area contributed by atoms with Gasteiger partial charge >= 0.3 is 0 Å². The Labute approximate surface area is 188 Å². The second-order valence-corrected chi connectivity index (χ2v) is 7.36. The summed E-state index contributed by atoms with van der Waals surface area (Å²) >= 11 is 3.10. The van der Waals surface area contributed by atoms with Crippen LogP contribution in [-0.2, 0) is 6.54 Å². The van der Waals surface area contributed by atoms with Crippen molar-refractivity contribution in [1.29, 1.82) is 0 Å². The summed E-state index contributed by atoms with van der Waals surface area (Å²) in [5, 5.41) is 43.7. The average molecular weight is 503 g/mol. The maximum atomic E-state index is 13.4. The fourth-order valence-corrected chi connectivity index (χ4v) is 3.17. The number of anilines is 2. The number of phenolic OH excluding ortho intramolecular Hbond substituents is 1. The maximum Gasteiger partial charge on any atom is 0.203 e. The Morgan fingerprint density at radius 3 is 2.88 bits per heavy atom. The number of hydrogen-bond acceptors (Lipinski definition) is 9. The fraction of sp³-hybridized carbons (Fsp3) is 0.105. The molecule has 4 rings (SSSR count). The van der Waals surface area contributed by atoms with Crippen LogP contribution in [0.25, 0.3) is 11.3 Å². The molecule has 0 aliphatic rings. The zero-order valence-electron chi connectivity index (χ0n) is 16.3. The van der Waals surface area contributed by atoms with Crippen molar-refractivity contribution < 1.29 is 19.3 Å². The summed E-state index contributed by atoms with van der Waals surface area (Å²) in [6.07, 6.45) is 1.74. The van der Waals surface area contributed by atoms with E-state index in [0.717, 1.165) is 5.56 Å². The number of aromatic nitrogens is 5. The Bertz CT molecular complexity index is 1260. The summed E-state index contributed by atoms with van der Waals surface area (Å²) in [7, 11) is 0. The number of halogens is 2. The van der Waals surface area contributed by atoms with Crippen molar-refractivity contribution in [2.45, 2.75) is 6.54 Å². The van der Waals surface area contributed by atoms with Gasteiger partial charge in [0.15, 0.2) is 5.69 Å². The molecule has 0 atom stereocenters. The average Bonchev–Trinajstić information content (AvgIpc) is 3.44. The molecule has 0 aliphatic carbocycles. The highest BCUT2D eigenvalue weighted by Gasteiger charge is 2.18. The summed E-state index contributed by atoms with van der Waals surface area (Å²) in [4.78, 5) is 0. The van der Waals surface area contributed by atoms with Crippen LogP contribution in [0.5, 0.6) is 5.75 Å². The highest BCUT2D eigenvalue weighted by Crippen LogP contribution is 2.22. The number of rotatable bonds is 7. The van der Waals surface area contributed by atoms with Gasteiger partial charge in [-0.3, -0.25) is 4.68 Å². The Balaban J connectivity index is 1.39. The first-order valence-corrected chi connectivity index (χ1v) is 10.0. The molecule has 0 radical (unpaired) electrons. The van der Waals surface area contributed by atoms with E-state index in [1.165, 1.54) is 18.2 Å². The second-order valence-electron chi connectivity index (χ2n) is 6.51. The van der Waals surface area contributed by atoms with E-state index in [0.29, 0.717) is 24.5 Å². The number of phenols is 1. The lowest BCUT2D eigenvalue weighted by atomic mass is 10.1. The lowest BCUT2D eigenvalue weighted by Crippen LogP contribution is -2.18. The molecule has 11 nitrogen and oxygen atoms in total. The molecular weight excluding hydrogens is 487 g/mol. The normalized spacial score (nSPS) is 11.5. The molecular formula is C19H16BrFN8O3. The van der Waals surface area contributed by atoms with Gasteiger partial charge in [0.1, 0.15) is 17.3 Å². The van der Waals surface area contributed by atoms with E-state index in [1.807, 2.05) is 6.07 Å². The van der Waals surface area contributed by atoms with Crippen molar-refractivity contribution >= 4 is 33.3 Å². The first-order chi connectivity index (χ1) is 15.5. The van der Waals surface area contributed by atoms with Gasteiger partial charge in [0, 0.05) is 17.8 Å². The van der Waals surface area contributed by atoms with Crippen LogP contribution in [0.1, 0.15) is 5.69 Å². The van der Waals surface area contributed by atoms with E-state index in [2.05, 4.69) is 52.3 Å². The van der Waals surface area contributed by atoms with Crippen LogP contribution in [0.4, 0.5) is 15.9 Å². The standard InChI is InChI=1S/C19H16BrFN8O3/c20-14-9-12(4-5-15(14)21)23-19(25-31)17-18(27-32-26-17)22-6-7-29-10-16(24-28-29)11-2-1-3-13(30)8-11/h1-5,8-10,30-31H,6-7H2,(H,22,27)(H,23,25). The Kier molecular flexibility index (Phi) is 6.26. The highest BCUT2D eigenvalue weighted by molar-refractivity contribution is 9.10. The Hall–Kier alpha value is -4.00. The molecule has 2 heterocycles. The van der Waals surface area contributed by atoms with Crippen molar-refractivity contribution in [2.75, 3.05) is 17.2 Å². The van der Waals surface area contributed by atoms with Gasteiger partial charge < -0.3 is 20.9 Å². The molecule has 2 aromatic carbocycles. The molecule has 164 valence electrons. The van der Waals surface area contributed by atoms with Gasteiger partial charge in [0.25, 0.3) is 0 Å². The van der Waals surface area contributed by atoms with Gasteiger partial charge in [-0.2, -0.15) is 0 Å². The third-order valence-corrected chi connectivity index (χ3v) is 4.92. The predicted molar refractivity (Wildman–Crippen MR) is 116 cm³/mol. The van der Waals surface area contributed by atoms with Crippen LogP contribution in [-0.4, -0.2) is 48.0 Å². The summed E-state index contributed by atoms with van der Waals surface area (Å²) < 4.78 is 20.1. The highest BCUT2D eigenvalue weighted by atomic mass is 79.9. The molecule has 0 spiro atoms. The molecule has 0 aliphatic heterocycles. The summed E-state index contributed by atoms with van der Waals surface area (Å²) in [5.74, 6) is -0.0875. The molecule has 0 amide bonds. The molecule has 0 unspecified atom stereocenters. The zero-order valence-corrected chi connectivity index (χ0v) is 17.9. The van der Waals surface area contributed by atoms with E-state index in [1.54, 1.807) is 29.1 Å². The first-order valence-electron chi connectivity index (χ1n) is 9.24. The topological polar surface area (TPSA) is 147 Å². The van der Waals surface area contributed by atoms with Crippen LogP contribution in [0.2, 0.25) is 0 Å². The molecule has 0 bridgehead atoms. The summed E-state index contributed by atoms with van der Waals surface area (Å²) in [6.45, 7) is 0.812. The number of oxime groups is 1. The lowest BCUT2D eigenvalue weighted by Gasteiger charge is -2.08. The van der Waals surface area contributed by atoms with E-state index < -0.39 is 5.82 Å². The minimum absolute atomic E-state index is 0.0424. The number of nitrogens with one attached hydrogen (secondary N) is 2. The molecule has 0 fully saturated rings. The quantitative estimate of drug-likeness (QED) is 0.129. The molecule has 0 saturated carbocycles. The summed E-state index contributed by atoms with van der Waals surface area (Å²) in [6, 6.07) is 10.9. The number of aromatic hydroxyl groups is 1. The molecule has 4 N–H and O–H groups in total. The van der Waals surface area contributed by atoms with Crippen LogP contribution in [0.15, 0.2) is 62.9 Å². The minimum Gasteiger partial charge on any atom is -0.508 e. The molecule has 0 saturated heterocycles. The van der Waals surface area contributed by atoms with E-state index in [4.69, 9.17) is 4.63 Å². The van der Waals surface area contributed by atoms with Gasteiger partial charge in [-0.1, -0.05) is 22.5 Å². The second kappa shape index (κ2) is 9.43. The third-order valence-electron chi connectivity index (χ3n) is 4.31. The van der Waals surface area contributed by atoms with Crippen molar-refractivity contribution in [1.82, 2.24) is 25.3 Å². The number of hydrogen-bond donors (Lipinski definition) is 4. The van der Waals surface area contributed by atoms with Crippen LogP contribution in [0.3, 0.4) is 0 Å². The molecule has 2 aromatic heterocycles. The monoisotopic (exact) mass is 502 g/mol. The van der Waals surface area contributed by atoms with E-state index in [-0.39, 0.29) is 27.6 Å². The van der Waals surface area contributed by atoms with Gasteiger partial charge in [-0.15, -0.1) is 5.10 Å². The Morgan fingerprint density at radius 1 is 1.22 bits per heavy atom. The third kappa shape index (κ3) is 4.83. The number of nitrogens with zero attached hydrogens (tertiary/aromatic N) is 6. The predicted octanol–water partition coefficient (Wildman–Crippen LogP) is 3.30. The van der Waals surface area contributed by atoms with Crippen molar-refractivity contribution in [2.24, 2.45) is 5.16 Å². The lowest BCUT2D eigenvalue weighted by molar-refractivity contribution is 0.305. The van der Waals surface area contributed by atoms with Gasteiger partial charge in [0.05, 0.1) is 17.2 Å². The zero-order chi connectivity index (χ0) is 22.5. The number of amidine groups is 1. The van der Waals surface area contributed by atoms with E-state index >= 15 is 0 Å². The van der Waals surface area contributed by atoms with Crippen molar-refractivity contribution in [3.05, 3.63) is 64.6 Å². The van der Waals surface area contributed by atoms with Crippen molar-refractivity contribution in [3.63, 3.8) is 0 Å². The first kappa shape index (κ1) is 21.2.